The van der Waals surface area contributed by atoms with Crippen LogP contribution in [0.15, 0.2) is 72.9 Å². The van der Waals surface area contributed by atoms with Gasteiger partial charge < -0.3 is 14.6 Å². The molecule has 0 amide bonds. The first-order valence-electron chi connectivity index (χ1n) is 12.3. The number of rotatable bonds is 9. The fourth-order valence-corrected chi connectivity index (χ4v) is 5.35. The van der Waals surface area contributed by atoms with E-state index >= 15 is 0 Å². The molecule has 4 nitrogen and oxygen atoms in total. The number of ether oxygens (including phenoxy) is 1. The highest BCUT2D eigenvalue weighted by molar-refractivity contribution is 5.83. The zero-order chi connectivity index (χ0) is 24.3. The number of H-pyrrole nitrogens is 1. The van der Waals surface area contributed by atoms with Crippen LogP contribution in [0.4, 0.5) is 4.39 Å². The quantitative estimate of drug-likeness (QED) is 0.314. The molecule has 2 heterocycles. The van der Waals surface area contributed by atoms with Gasteiger partial charge in [0, 0.05) is 17.1 Å². The van der Waals surface area contributed by atoms with Gasteiger partial charge >= 0.3 is 0 Å². The van der Waals surface area contributed by atoms with Crippen LogP contribution in [0.2, 0.25) is 0 Å². The van der Waals surface area contributed by atoms with Crippen LogP contribution in [0, 0.1) is 17.1 Å². The molecule has 1 N–H and O–H groups in total. The first kappa shape index (κ1) is 23.3. The zero-order valence-corrected chi connectivity index (χ0v) is 20.1. The molecule has 178 valence electrons. The van der Waals surface area contributed by atoms with Crippen LogP contribution in [0.1, 0.15) is 47.1 Å². The van der Waals surface area contributed by atoms with E-state index in [2.05, 4.69) is 53.5 Å². The predicted octanol–water partition coefficient (Wildman–Crippen LogP) is 6.30. The average molecular weight is 468 g/mol. The third-order valence-corrected chi connectivity index (χ3v) is 7.18. The number of aromatic amines is 1. The first-order chi connectivity index (χ1) is 17.1. The van der Waals surface area contributed by atoms with Crippen LogP contribution in [0.25, 0.3) is 10.9 Å². The maximum absolute atomic E-state index is 13.7. The molecule has 0 aliphatic carbocycles. The van der Waals surface area contributed by atoms with E-state index in [9.17, 15) is 9.65 Å². The van der Waals surface area contributed by atoms with Crippen molar-refractivity contribution in [1.82, 2.24) is 9.88 Å². The van der Waals surface area contributed by atoms with E-state index in [0.29, 0.717) is 12.2 Å². The van der Waals surface area contributed by atoms with Crippen molar-refractivity contribution in [3.63, 3.8) is 0 Å². The van der Waals surface area contributed by atoms with Crippen LogP contribution >= 0.6 is 0 Å². The Hall–Kier alpha value is -3.46. The number of halogens is 1. The third-order valence-electron chi connectivity index (χ3n) is 7.18. The Morgan fingerprint density at radius 2 is 1.86 bits per heavy atom. The fourth-order valence-electron chi connectivity index (χ4n) is 5.35. The molecule has 1 aliphatic heterocycles. The minimum Gasteiger partial charge on any atom is -0.361 e. The molecule has 0 saturated heterocycles. The van der Waals surface area contributed by atoms with Crippen LogP contribution < -0.4 is 0 Å². The molecule has 1 unspecified atom stereocenters. The predicted molar refractivity (Wildman–Crippen MR) is 136 cm³/mol. The van der Waals surface area contributed by atoms with Crippen molar-refractivity contribution in [1.29, 1.82) is 5.26 Å². The Kier molecular flexibility index (Phi) is 6.68. The number of nitrogens with zero attached hydrogens (tertiary/aromatic N) is 2. The first-order valence-corrected chi connectivity index (χ1v) is 12.3. The molecule has 5 heteroatoms. The van der Waals surface area contributed by atoms with Crippen molar-refractivity contribution >= 4 is 10.9 Å². The molecule has 0 bridgehead atoms. The Morgan fingerprint density at radius 3 is 2.69 bits per heavy atom. The van der Waals surface area contributed by atoms with Gasteiger partial charge in [-0.05, 0) is 98.4 Å². The monoisotopic (exact) mass is 467 g/mol. The number of hydrogen-bond acceptors (Lipinski definition) is 3. The Bertz CT molecular complexity index is 1350. The number of benzene rings is 3. The van der Waals surface area contributed by atoms with Crippen molar-refractivity contribution in [2.45, 2.75) is 37.9 Å². The minimum atomic E-state index is -0.609. The lowest BCUT2D eigenvalue weighted by atomic mass is 9.81. The normalized spacial score (nSPS) is 17.1. The van der Waals surface area contributed by atoms with Gasteiger partial charge in [-0.25, -0.2) is 4.39 Å². The number of hydrogen-bond donors (Lipinski definition) is 1. The van der Waals surface area contributed by atoms with E-state index in [0.717, 1.165) is 55.5 Å². The van der Waals surface area contributed by atoms with Gasteiger partial charge in [-0.15, -0.1) is 0 Å². The Labute approximate surface area is 206 Å². The molecular formula is C30H30FN3O. The van der Waals surface area contributed by atoms with Crippen molar-refractivity contribution in [3.05, 3.63) is 107 Å². The van der Waals surface area contributed by atoms with Gasteiger partial charge in [-0.1, -0.05) is 36.4 Å². The maximum Gasteiger partial charge on any atom is 0.123 e. The summed E-state index contributed by atoms with van der Waals surface area (Å²) in [7, 11) is 2.17. The summed E-state index contributed by atoms with van der Waals surface area (Å²) in [5.74, 6) is -0.253. The summed E-state index contributed by atoms with van der Waals surface area (Å²) in [4.78, 5) is 5.74. The van der Waals surface area contributed by atoms with Crippen LogP contribution in [0.3, 0.4) is 0 Å². The summed E-state index contributed by atoms with van der Waals surface area (Å²) in [6.07, 6.45) is 6.01. The number of nitrogens with one attached hydrogen (secondary N) is 1. The van der Waals surface area contributed by atoms with Gasteiger partial charge in [0.05, 0.1) is 18.2 Å². The Morgan fingerprint density at radius 1 is 1.06 bits per heavy atom. The highest BCUT2D eigenvalue weighted by Gasteiger charge is 2.41. The summed E-state index contributed by atoms with van der Waals surface area (Å²) < 4.78 is 20.1. The molecule has 0 spiro atoms. The van der Waals surface area contributed by atoms with Gasteiger partial charge in [0.1, 0.15) is 11.4 Å². The van der Waals surface area contributed by atoms with Gasteiger partial charge in [-0.3, -0.25) is 0 Å². The molecule has 0 fully saturated rings. The lowest BCUT2D eigenvalue weighted by Crippen LogP contribution is -2.29. The number of aromatic nitrogens is 1. The van der Waals surface area contributed by atoms with Crippen LogP contribution in [-0.4, -0.2) is 30.0 Å². The second-order valence-corrected chi connectivity index (χ2v) is 9.48. The summed E-state index contributed by atoms with van der Waals surface area (Å²) in [6.45, 7) is 2.43. The van der Waals surface area contributed by atoms with E-state index < -0.39 is 5.60 Å². The molecule has 35 heavy (non-hydrogen) atoms. The van der Waals surface area contributed by atoms with E-state index in [1.165, 1.54) is 28.6 Å². The molecular weight excluding hydrogens is 437 g/mol. The van der Waals surface area contributed by atoms with Gasteiger partial charge in [0.2, 0.25) is 0 Å². The average Bonchev–Trinajstić information content (AvgIpc) is 3.46. The lowest BCUT2D eigenvalue weighted by molar-refractivity contribution is -0.0142. The van der Waals surface area contributed by atoms with E-state index in [4.69, 9.17) is 4.74 Å². The number of nitriles is 1. The smallest absolute Gasteiger partial charge is 0.123 e. The van der Waals surface area contributed by atoms with Crippen LogP contribution in [-0.2, 0) is 23.4 Å². The van der Waals surface area contributed by atoms with Crippen molar-refractivity contribution in [2.75, 3.05) is 20.1 Å². The third kappa shape index (κ3) is 4.73. The maximum atomic E-state index is 13.7. The van der Waals surface area contributed by atoms with Crippen molar-refractivity contribution in [2.24, 2.45) is 0 Å². The molecule has 1 aromatic heterocycles. The SMILES string of the molecule is CN(CCCc1c[nH]c2ccccc12)CCCC1(c2ccc(F)cc2)OCc2cc(C#N)ccc21. The molecule has 5 rings (SSSR count). The van der Waals surface area contributed by atoms with Crippen molar-refractivity contribution < 1.29 is 9.13 Å². The molecule has 3 aromatic carbocycles. The molecule has 0 saturated carbocycles. The number of para-hydroxylation sites is 1. The van der Waals surface area contributed by atoms with Gasteiger partial charge in [0.25, 0.3) is 0 Å². The molecule has 4 aromatic rings. The second kappa shape index (κ2) is 10.0. The minimum absolute atomic E-state index is 0.253. The summed E-state index contributed by atoms with van der Waals surface area (Å²) in [5.41, 5.74) is 5.69. The summed E-state index contributed by atoms with van der Waals surface area (Å²) >= 11 is 0. The van der Waals surface area contributed by atoms with Gasteiger partial charge in [0.15, 0.2) is 0 Å². The molecule has 0 radical (unpaired) electrons. The standard InChI is InChI=1S/C30H30FN3O/c1-34(16-4-6-23-20-33-29-8-3-2-7-27(23)29)17-5-15-30(25-10-12-26(31)13-11-25)28-14-9-22(19-32)18-24(28)21-35-30/h2-3,7-14,18,20,33H,4-6,15-17,21H2,1H3. The zero-order valence-electron chi connectivity index (χ0n) is 20.1. The van der Waals surface area contributed by atoms with E-state index in [1.807, 2.05) is 30.3 Å². The summed E-state index contributed by atoms with van der Waals surface area (Å²) in [6, 6.07) is 23.1. The van der Waals surface area contributed by atoms with E-state index in [1.54, 1.807) is 0 Å². The fraction of sp³-hybridized carbons (Fsp3) is 0.300. The Balaban J connectivity index is 1.23. The lowest BCUT2D eigenvalue weighted by Gasteiger charge is -2.31. The van der Waals surface area contributed by atoms with E-state index in [-0.39, 0.29) is 5.82 Å². The topological polar surface area (TPSA) is 52.0 Å². The molecule has 1 aliphatic rings. The molecule has 1 atom stereocenters. The highest BCUT2D eigenvalue weighted by Crippen LogP contribution is 2.45. The number of fused-ring (bicyclic) bond motifs is 2. The number of aryl methyl sites for hydroxylation is 1. The second-order valence-electron chi connectivity index (χ2n) is 9.48. The summed E-state index contributed by atoms with van der Waals surface area (Å²) in [5, 5.41) is 10.6. The van der Waals surface area contributed by atoms with Crippen molar-refractivity contribution in [3.8, 4) is 6.07 Å². The van der Waals surface area contributed by atoms with Crippen LogP contribution in [0.5, 0.6) is 0 Å². The largest absolute Gasteiger partial charge is 0.361 e. The highest BCUT2D eigenvalue weighted by atomic mass is 19.1. The van der Waals surface area contributed by atoms with Gasteiger partial charge in [-0.2, -0.15) is 5.26 Å².